The fraction of sp³-hybridized carbons (Fsp3) is 0.455. The fourth-order valence-electron chi connectivity index (χ4n) is 1.30. The highest BCUT2D eigenvalue weighted by molar-refractivity contribution is 14.1. The molecule has 0 aromatic heterocycles. The van der Waals surface area contributed by atoms with Crippen molar-refractivity contribution in [1.29, 1.82) is 0 Å². The fourth-order valence-corrected chi connectivity index (χ4v) is 1.86. The number of nitrogens with two attached hydrogens (primary N) is 1. The standard InChI is InChI=1S/C11H16IN/c1-3-8(2)11(13)9-5-4-6-10(12)7-9/h4-8,11H,3,13H2,1-2H3/t8?,11-/m1/s1. The zero-order valence-corrected chi connectivity index (χ0v) is 10.3. The highest BCUT2D eigenvalue weighted by atomic mass is 127. The van der Waals surface area contributed by atoms with E-state index in [1.807, 2.05) is 0 Å². The first-order valence-electron chi connectivity index (χ1n) is 4.66. The van der Waals surface area contributed by atoms with Gasteiger partial charge in [-0.1, -0.05) is 32.4 Å². The van der Waals surface area contributed by atoms with Crippen molar-refractivity contribution in [2.24, 2.45) is 11.7 Å². The smallest absolute Gasteiger partial charge is 0.0321 e. The summed E-state index contributed by atoms with van der Waals surface area (Å²) in [6, 6.07) is 8.61. The summed E-state index contributed by atoms with van der Waals surface area (Å²) >= 11 is 2.32. The minimum Gasteiger partial charge on any atom is -0.324 e. The molecule has 0 aliphatic heterocycles. The van der Waals surface area contributed by atoms with Crippen molar-refractivity contribution in [1.82, 2.24) is 0 Å². The molecule has 0 heterocycles. The monoisotopic (exact) mass is 289 g/mol. The molecule has 72 valence electrons. The Morgan fingerprint density at radius 2 is 2.15 bits per heavy atom. The van der Waals surface area contributed by atoms with Gasteiger partial charge in [-0.05, 0) is 46.2 Å². The second-order valence-corrected chi connectivity index (χ2v) is 4.71. The van der Waals surface area contributed by atoms with Gasteiger partial charge in [0, 0.05) is 9.61 Å². The van der Waals surface area contributed by atoms with E-state index >= 15 is 0 Å². The molecule has 13 heavy (non-hydrogen) atoms. The van der Waals surface area contributed by atoms with Crippen molar-refractivity contribution in [2.45, 2.75) is 26.3 Å². The lowest BCUT2D eigenvalue weighted by Crippen LogP contribution is -2.18. The maximum absolute atomic E-state index is 6.11. The van der Waals surface area contributed by atoms with E-state index < -0.39 is 0 Å². The summed E-state index contributed by atoms with van der Waals surface area (Å²) < 4.78 is 1.26. The van der Waals surface area contributed by atoms with E-state index in [4.69, 9.17) is 5.73 Å². The summed E-state index contributed by atoms with van der Waals surface area (Å²) in [7, 11) is 0. The number of halogens is 1. The first kappa shape index (κ1) is 11.0. The predicted octanol–water partition coefficient (Wildman–Crippen LogP) is 3.34. The van der Waals surface area contributed by atoms with Crippen molar-refractivity contribution < 1.29 is 0 Å². The first-order chi connectivity index (χ1) is 6.15. The first-order valence-corrected chi connectivity index (χ1v) is 5.74. The van der Waals surface area contributed by atoms with Crippen LogP contribution in [0.25, 0.3) is 0 Å². The molecule has 0 aliphatic rings. The van der Waals surface area contributed by atoms with Crippen molar-refractivity contribution in [2.75, 3.05) is 0 Å². The second kappa shape index (κ2) is 4.96. The van der Waals surface area contributed by atoms with Crippen LogP contribution < -0.4 is 5.73 Å². The molecule has 1 nitrogen and oxygen atoms in total. The third kappa shape index (κ3) is 2.95. The Morgan fingerprint density at radius 1 is 1.46 bits per heavy atom. The number of benzene rings is 1. The molecule has 0 saturated carbocycles. The van der Waals surface area contributed by atoms with Crippen molar-refractivity contribution >= 4 is 22.6 Å². The van der Waals surface area contributed by atoms with E-state index in [0.717, 1.165) is 6.42 Å². The van der Waals surface area contributed by atoms with Crippen LogP contribution in [0.5, 0.6) is 0 Å². The van der Waals surface area contributed by atoms with E-state index in [1.165, 1.54) is 9.13 Å². The summed E-state index contributed by atoms with van der Waals surface area (Å²) in [5.41, 5.74) is 7.37. The van der Waals surface area contributed by atoms with Gasteiger partial charge in [-0.25, -0.2) is 0 Å². The topological polar surface area (TPSA) is 26.0 Å². The van der Waals surface area contributed by atoms with Crippen LogP contribution in [0.15, 0.2) is 24.3 Å². The van der Waals surface area contributed by atoms with E-state index in [-0.39, 0.29) is 6.04 Å². The van der Waals surface area contributed by atoms with Gasteiger partial charge in [-0.15, -0.1) is 0 Å². The highest BCUT2D eigenvalue weighted by Gasteiger charge is 2.12. The Morgan fingerprint density at radius 3 is 2.69 bits per heavy atom. The average molecular weight is 289 g/mol. The van der Waals surface area contributed by atoms with Gasteiger partial charge in [-0.3, -0.25) is 0 Å². The Balaban J connectivity index is 2.82. The molecule has 1 aromatic carbocycles. The SMILES string of the molecule is CCC(C)[C@@H](N)c1cccc(I)c1. The molecule has 1 unspecified atom stereocenters. The maximum atomic E-state index is 6.11. The summed E-state index contributed by atoms with van der Waals surface area (Å²) in [6.45, 7) is 4.38. The van der Waals surface area contributed by atoms with Crippen LogP contribution in [0, 0.1) is 9.49 Å². The van der Waals surface area contributed by atoms with Gasteiger partial charge in [0.25, 0.3) is 0 Å². The molecule has 0 amide bonds. The average Bonchev–Trinajstić information content (AvgIpc) is 2.15. The van der Waals surface area contributed by atoms with Crippen molar-refractivity contribution in [3.63, 3.8) is 0 Å². The van der Waals surface area contributed by atoms with Crippen LogP contribution in [-0.2, 0) is 0 Å². The van der Waals surface area contributed by atoms with Gasteiger partial charge >= 0.3 is 0 Å². The Labute approximate surface area is 93.9 Å². The van der Waals surface area contributed by atoms with Crippen molar-refractivity contribution in [3.05, 3.63) is 33.4 Å². The van der Waals surface area contributed by atoms with E-state index in [1.54, 1.807) is 0 Å². The maximum Gasteiger partial charge on any atom is 0.0321 e. The molecule has 0 bridgehead atoms. The molecule has 0 radical (unpaired) electrons. The minimum atomic E-state index is 0.180. The third-order valence-electron chi connectivity index (χ3n) is 2.49. The normalized spacial score (nSPS) is 15.4. The molecule has 2 heteroatoms. The number of rotatable bonds is 3. The molecular weight excluding hydrogens is 273 g/mol. The quantitative estimate of drug-likeness (QED) is 0.849. The molecule has 1 aromatic rings. The van der Waals surface area contributed by atoms with Gasteiger partial charge < -0.3 is 5.73 Å². The van der Waals surface area contributed by atoms with Gasteiger partial charge in [0.15, 0.2) is 0 Å². The van der Waals surface area contributed by atoms with Crippen LogP contribution >= 0.6 is 22.6 Å². The molecule has 1 rings (SSSR count). The van der Waals surface area contributed by atoms with Crippen LogP contribution in [0.2, 0.25) is 0 Å². The Hall–Kier alpha value is -0.0900. The molecule has 2 N–H and O–H groups in total. The molecular formula is C11H16IN. The zero-order valence-electron chi connectivity index (χ0n) is 8.13. The van der Waals surface area contributed by atoms with Crippen LogP contribution in [0.1, 0.15) is 31.9 Å². The Bertz CT molecular complexity index is 273. The predicted molar refractivity (Wildman–Crippen MR) is 65.5 cm³/mol. The van der Waals surface area contributed by atoms with Crippen molar-refractivity contribution in [3.8, 4) is 0 Å². The second-order valence-electron chi connectivity index (χ2n) is 3.47. The lowest BCUT2D eigenvalue weighted by atomic mass is 9.93. The van der Waals surface area contributed by atoms with E-state index in [2.05, 4.69) is 60.7 Å². The summed E-state index contributed by atoms with van der Waals surface area (Å²) in [4.78, 5) is 0. The highest BCUT2D eigenvalue weighted by Crippen LogP contribution is 2.22. The van der Waals surface area contributed by atoms with Crippen LogP contribution in [-0.4, -0.2) is 0 Å². The van der Waals surface area contributed by atoms with E-state index in [0.29, 0.717) is 5.92 Å². The van der Waals surface area contributed by atoms with Gasteiger partial charge in [0.1, 0.15) is 0 Å². The lowest BCUT2D eigenvalue weighted by molar-refractivity contribution is 0.457. The molecule has 2 atom stereocenters. The molecule has 0 spiro atoms. The Kier molecular flexibility index (Phi) is 4.19. The molecule has 0 fully saturated rings. The summed E-state index contributed by atoms with van der Waals surface area (Å²) in [5, 5.41) is 0. The van der Waals surface area contributed by atoms with E-state index in [9.17, 15) is 0 Å². The molecule has 0 saturated heterocycles. The number of hydrogen-bond acceptors (Lipinski definition) is 1. The van der Waals surface area contributed by atoms with Gasteiger partial charge in [0.05, 0.1) is 0 Å². The summed E-state index contributed by atoms with van der Waals surface area (Å²) in [5.74, 6) is 0.554. The van der Waals surface area contributed by atoms with Gasteiger partial charge in [0.2, 0.25) is 0 Å². The summed E-state index contributed by atoms with van der Waals surface area (Å²) in [6.07, 6.45) is 1.13. The largest absolute Gasteiger partial charge is 0.324 e. The van der Waals surface area contributed by atoms with Gasteiger partial charge in [-0.2, -0.15) is 0 Å². The minimum absolute atomic E-state index is 0.180. The third-order valence-corrected chi connectivity index (χ3v) is 3.16. The lowest BCUT2D eigenvalue weighted by Gasteiger charge is -2.18. The van der Waals surface area contributed by atoms with Crippen LogP contribution in [0.4, 0.5) is 0 Å². The van der Waals surface area contributed by atoms with Crippen LogP contribution in [0.3, 0.4) is 0 Å². The zero-order chi connectivity index (χ0) is 9.84. The number of hydrogen-bond donors (Lipinski definition) is 1. The molecule has 0 aliphatic carbocycles.